The molecule has 0 amide bonds. The average Bonchev–Trinajstić information content (AvgIpc) is 2.82. The van der Waals surface area contributed by atoms with Crippen molar-refractivity contribution in [1.29, 1.82) is 0 Å². The van der Waals surface area contributed by atoms with Gasteiger partial charge in [-0.1, -0.05) is 24.3 Å². The van der Waals surface area contributed by atoms with Gasteiger partial charge in [0.1, 0.15) is 5.75 Å². The van der Waals surface area contributed by atoms with E-state index in [1.165, 1.54) is 6.07 Å². The molecule has 0 radical (unpaired) electrons. The highest BCUT2D eigenvalue weighted by atomic mass is 32.2. The fourth-order valence-electron chi connectivity index (χ4n) is 3.10. The first-order chi connectivity index (χ1) is 12.9. The summed E-state index contributed by atoms with van der Waals surface area (Å²) in [5.74, 6) is 0.737. The first-order valence-electron chi connectivity index (χ1n) is 9.07. The summed E-state index contributed by atoms with van der Waals surface area (Å²) in [5, 5.41) is 5.44. The lowest BCUT2D eigenvalue weighted by Crippen LogP contribution is -2.41. The summed E-state index contributed by atoms with van der Waals surface area (Å²) in [4.78, 5) is 0.101. The molecule has 2 aromatic rings. The molecule has 0 bridgehead atoms. The molecule has 8 heteroatoms. The van der Waals surface area contributed by atoms with E-state index in [4.69, 9.17) is 19.2 Å². The Labute approximate surface area is 167 Å². The van der Waals surface area contributed by atoms with Crippen molar-refractivity contribution in [2.24, 2.45) is 5.14 Å². The van der Waals surface area contributed by atoms with Gasteiger partial charge < -0.3 is 14.0 Å². The molecule has 3 rings (SSSR count). The molecule has 0 unspecified atom stereocenters. The van der Waals surface area contributed by atoms with E-state index in [1.807, 2.05) is 52.0 Å². The van der Waals surface area contributed by atoms with Gasteiger partial charge in [0.05, 0.1) is 23.2 Å². The van der Waals surface area contributed by atoms with Gasteiger partial charge in [0.2, 0.25) is 10.0 Å². The minimum absolute atomic E-state index is 0.101. The van der Waals surface area contributed by atoms with Crippen LogP contribution in [0.25, 0.3) is 0 Å². The molecule has 1 heterocycles. The SMILES string of the molecule is COc1ccc(Cc2cc(B3OC(C)(C)C(C)(C)O3)ccc2S(N)(=O)=O)cc1. The van der Waals surface area contributed by atoms with Crippen molar-refractivity contribution in [3.63, 3.8) is 0 Å². The van der Waals surface area contributed by atoms with Crippen LogP contribution >= 0.6 is 0 Å². The summed E-state index contributed by atoms with van der Waals surface area (Å²) in [6.45, 7) is 7.90. The monoisotopic (exact) mass is 403 g/mol. The molecular formula is C20H26BNO5S. The molecular weight excluding hydrogens is 377 g/mol. The predicted octanol–water partition coefficient (Wildman–Crippen LogP) is 2.23. The number of nitrogens with two attached hydrogens (primary N) is 1. The quantitative estimate of drug-likeness (QED) is 0.774. The van der Waals surface area contributed by atoms with E-state index in [0.717, 1.165) is 16.8 Å². The summed E-state index contributed by atoms with van der Waals surface area (Å²) >= 11 is 0. The van der Waals surface area contributed by atoms with Crippen molar-refractivity contribution in [2.75, 3.05) is 7.11 Å². The Morgan fingerprint density at radius 1 is 1.00 bits per heavy atom. The lowest BCUT2D eigenvalue weighted by atomic mass is 9.78. The molecule has 0 saturated carbocycles. The summed E-state index contributed by atoms with van der Waals surface area (Å²) in [7, 11) is -2.83. The molecule has 0 atom stereocenters. The van der Waals surface area contributed by atoms with Gasteiger partial charge in [-0.25, -0.2) is 13.6 Å². The molecule has 28 heavy (non-hydrogen) atoms. The van der Waals surface area contributed by atoms with E-state index < -0.39 is 28.3 Å². The Morgan fingerprint density at radius 2 is 1.57 bits per heavy atom. The highest BCUT2D eigenvalue weighted by Gasteiger charge is 2.51. The Morgan fingerprint density at radius 3 is 2.07 bits per heavy atom. The van der Waals surface area contributed by atoms with Crippen LogP contribution in [0.3, 0.4) is 0 Å². The third-order valence-electron chi connectivity index (χ3n) is 5.47. The van der Waals surface area contributed by atoms with Gasteiger partial charge in [-0.05, 0) is 68.9 Å². The predicted molar refractivity (Wildman–Crippen MR) is 109 cm³/mol. The van der Waals surface area contributed by atoms with E-state index in [0.29, 0.717) is 12.0 Å². The lowest BCUT2D eigenvalue weighted by Gasteiger charge is -2.32. The number of sulfonamides is 1. The molecule has 1 fully saturated rings. The largest absolute Gasteiger partial charge is 0.497 e. The van der Waals surface area contributed by atoms with Gasteiger partial charge in [-0.15, -0.1) is 0 Å². The molecule has 6 nitrogen and oxygen atoms in total. The number of hydrogen-bond donors (Lipinski definition) is 1. The summed E-state index contributed by atoms with van der Waals surface area (Å²) in [6, 6.07) is 12.5. The standard InChI is InChI=1S/C20H26BNO5S/c1-19(2)20(3,4)27-21(26-19)16-8-11-18(28(22,23)24)15(13-16)12-14-6-9-17(25-5)10-7-14/h6-11,13H,12H2,1-5H3,(H2,22,23,24). The molecule has 1 aliphatic heterocycles. The fraction of sp³-hybridized carbons (Fsp3) is 0.400. The zero-order valence-electron chi connectivity index (χ0n) is 16.9. The molecule has 1 aliphatic rings. The molecule has 0 aliphatic carbocycles. The van der Waals surface area contributed by atoms with Crippen molar-refractivity contribution in [1.82, 2.24) is 0 Å². The average molecular weight is 403 g/mol. The minimum Gasteiger partial charge on any atom is -0.497 e. The Balaban J connectivity index is 1.98. The Kier molecular flexibility index (Phi) is 5.35. The van der Waals surface area contributed by atoms with Crippen LogP contribution in [0.2, 0.25) is 0 Å². The van der Waals surface area contributed by atoms with Crippen LogP contribution in [0, 0.1) is 0 Å². The van der Waals surface area contributed by atoms with Gasteiger partial charge in [-0.2, -0.15) is 0 Å². The van der Waals surface area contributed by atoms with Gasteiger partial charge in [-0.3, -0.25) is 0 Å². The van der Waals surface area contributed by atoms with Crippen LogP contribution in [-0.4, -0.2) is 33.8 Å². The molecule has 2 N–H and O–H groups in total. The van der Waals surface area contributed by atoms with Crippen LogP contribution in [0.1, 0.15) is 38.8 Å². The first kappa shape index (κ1) is 20.9. The van der Waals surface area contributed by atoms with Crippen molar-refractivity contribution < 1.29 is 22.5 Å². The van der Waals surface area contributed by atoms with E-state index in [-0.39, 0.29) is 4.90 Å². The zero-order valence-corrected chi connectivity index (χ0v) is 17.7. The van der Waals surface area contributed by atoms with Crippen LogP contribution in [0.5, 0.6) is 5.75 Å². The van der Waals surface area contributed by atoms with Crippen molar-refractivity contribution in [3.8, 4) is 5.75 Å². The molecule has 0 spiro atoms. The molecule has 2 aromatic carbocycles. The third-order valence-corrected chi connectivity index (χ3v) is 6.48. The highest BCUT2D eigenvalue weighted by molar-refractivity contribution is 7.89. The second-order valence-electron chi connectivity index (χ2n) is 8.03. The van der Waals surface area contributed by atoms with E-state index in [9.17, 15) is 8.42 Å². The van der Waals surface area contributed by atoms with Crippen molar-refractivity contribution >= 4 is 22.6 Å². The van der Waals surface area contributed by atoms with Crippen molar-refractivity contribution in [2.45, 2.75) is 50.2 Å². The number of hydrogen-bond acceptors (Lipinski definition) is 5. The van der Waals surface area contributed by atoms with E-state index >= 15 is 0 Å². The maximum absolute atomic E-state index is 12.1. The second-order valence-corrected chi connectivity index (χ2v) is 9.56. The van der Waals surface area contributed by atoms with Crippen LogP contribution < -0.4 is 15.3 Å². The zero-order chi connectivity index (χ0) is 20.7. The number of ether oxygens (including phenoxy) is 1. The number of methoxy groups -OCH3 is 1. The number of benzene rings is 2. The van der Waals surface area contributed by atoms with Gasteiger partial charge in [0, 0.05) is 0 Å². The van der Waals surface area contributed by atoms with Gasteiger partial charge in [0.15, 0.2) is 0 Å². The topological polar surface area (TPSA) is 87.8 Å². The molecule has 150 valence electrons. The van der Waals surface area contributed by atoms with Gasteiger partial charge in [0.25, 0.3) is 0 Å². The van der Waals surface area contributed by atoms with Crippen LogP contribution in [0.15, 0.2) is 47.4 Å². The second kappa shape index (κ2) is 7.19. The summed E-state index contributed by atoms with van der Waals surface area (Å²) in [6.07, 6.45) is 0.406. The maximum atomic E-state index is 12.1. The molecule has 1 saturated heterocycles. The Bertz CT molecular complexity index is 955. The summed E-state index contributed by atoms with van der Waals surface area (Å²) in [5.41, 5.74) is 1.34. The normalized spacial score (nSPS) is 18.3. The Hall–Kier alpha value is -1.87. The minimum atomic E-state index is -3.86. The first-order valence-corrected chi connectivity index (χ1v) is 10.6. The van der Waals surface area contributed by atoms with Crippen LogP contribution in [0.4, 0.5) is 0 Å². The fourth-order valence-corrected chi connectivity index (χ4v) is 3.86. The maximum Gasteiger partial charge on any atom is 0.494 e. The van der Waals surface area contributed by atoms with E-state index in [1.54, 1.807) is 19.2 Å². The highest BCUT2D eigenvalue weighted by Crippen LogP contribution is 2.36. The number of primary sulfonamides is 1. The van der Waals surface area contributed by atoms with Crippen molar-refractivity contribution in [3.05, 3.63) is 53.6 Å². The van der Waals surface area contributed by atoms with Gasteiger partial charge >= 0.3 is 7.12 Å². The smallest absolute Gasteiger partial charge is 0.494 e. The third kappa shape index (κ3) is 4.10. The van der Waals surface area contributed by atoms with E-state index in [2.05, 4.69) is 0 Å². The lowest BCUT2D eigenvalue weighted by molar-refractivity contribution is 0.00578. The van der Waals surface area contributed by atoms with Crippen LogP contribution in [-0.2, 0) is 25.8 Å². The molecule has 0 aromatic heterocycles. The number of rotatable bonds is 5. The summed E-state index contributed by atoms with van der Waals surface area (Å²) < 4.78 is 41.5.